The number of hydrogen-bond donors (Lipinski definition) is 0. The molecule has 3 aromatic carbocycles. The lowest BCUT2D eigenvalue weighted by molar-refractivity contribution is 0.669. The van der Waals surface area contributed by atoms with Gasteiger partial charge in [-0.15, -0.1) is 0 Å². The van der Waals surface area contributed by atoms with Gasteiger partial charge in [-0.05, 0) is 37.1 Å². The molecule has 0 radical (unpaired) electrons. The minimum atomic E-state index is 0.951. The van der Waals surface area contributed by atoms with Crippen LogP contribution in [0.15, 0.2) is 59.0 Å². The average molecular weight is 376 g/mol. The average Bonchev–Trinajstić information content (AvgIpc) is 3.35. The molecule has 1 aliphatic carbocycles. The van der Waals surface area contributed by atoms with E-state index in [1.165, 1.54) is 54.7 Å². The molecule has 0 N–H and O–H groups in total. The lowest BCUT2D eigenvalue weighted by Gasteiger charge is -2.07. The molecule has 6 aromatic rings. The van der Waals surface area contributed by atoms with Gasteiger partial charge in [0, 0.05) is 58.4 Å². The SMILES string of the molecule is Cn1c2c(c3cc4c5cc6c(cc5n(C)c4cc31)oc1ccccc16)C=CCC2. The van der Waals surface area contributed by atoms with E-state index in [0.717, 1.165) is 24.0 Å². The van der Waals surface area contributed by atoms with E-state index in [-0.39, 0.29) is 0 Å². The number of nitrogens with zero attached hydrogens (tertiary/aromatic N) is 2. The molecule has 0 saturated carbocycles. The molecule has 0 spiro atoms. The Kier molecular flexibility index (Phi) is 2.73. The first-order chi connectivity index (χ1) is 14.2. The Labute approximate surface area is 167 Å². The largest absolute Gasteiger partial charge is 0.456 e. The number of fused-ring (bicyclic) bond motifs is 9. The van der Waals surface area contributed by atoms with Crippen molar-refractivity contribution in [2.45, 2.75) is 12.8 Å². The molecular weight excluding hydrogens is 356 g/mol. The van der Waals surface area contributed by atoms with E-state index in [1.807, 2.05) is 12.1 Å². The fraction of sp³-hybridized carbons (Fsp3) is 0.154. The fourth-order valence-electron chi connectivity index (χ4n) is 5.34. The molecular formula is C26H20N2O. The highest BCUT2D eigenvalue weighted by molar-refractivity contribution is 6.19. The lowest BCUT2D eigenvalue weighted by atomic mass is 10.0. The maximum atomic E-state index is 6.14. The summed E-state index contributed by atoms with van der Waals surface area (Å²) >= 11 is 0. The predicted octanol–water partition coefficient (Wildman–Crippen LogP) is 6.68. The van der Waals surface area contributed by atoms with Crippen LogP contribution >= 0.6 is 0 Å². The first-order valence-corrected chi connectivity index (χ1v) is 10.2. The quantitative estimate of drug-likeness (QED) is 0.290. The van der Waals surface area contributed by atoms with Crippen molar-refractivity contribution in [1.82, 2.24) is 9.13 Å². The van der Waals surface area contributed by atoms with Crippen LogP contribution in [0.2, 0.25) is 0 Å². The van der Waals surface area contributed by atoms with Crippen LogP contribution in [0.25, 0.3) is 60.7 Å². The molecule has 3 aromatic heterocycles. The molecule has 3 nitrogen and oxygen atoms in total. The van der Waals surface area contributed by atoms with Crippen molar-refractivity contribution in [3.8, 4) is 0 Å². The van der Waals surface area contributed by atoms with Gasteiger partial charge in [0.25, 0.3) is 0 Å². The zero-order chi connectivity index (χ0) is 19.3. The topological polar surface area (TPSA) is 23.0 Å². The number of benzene rings is 3. The molecule has 7 rings (SSSR count). The second-order valence-electron chi connectivity index (χ2n) is 8.27. The van der Waals surface area contributed by atoms with Gasteiger partial charge in [-0.3, -0.25) is 0 Å². The summed E-state index contributed by atoms with van der Waals surface area (Å²) in [6.07, 6.45) is 6.86. The van der Waals surface area contributed by atoms with E-state index in [4.69, 9.17) is 4.42 Å². The van der Waals surface area contributed by atoms with Gasteiger partial charge in [0.1, 0.15) is 11.2 Å². The predicted molar refractivity (Wildman–Crippen MR) is 122 cm³/mol. The molecule has 0 fully saturated rings. The number of rotatable bonds is 0. The summed E-state index contributed by atoms with van der Waals surface area (Å²) in [4.78, 5) is 0. The maximum absolute atomic E-state index is 6.14. The molecule has 140 valence electrons. The van der Waals surface area contributed by atoms with E-state index in [2.05, 4.69) is 71.8 Å². The molecule has 3 heteroatoms. The van der Waals surface area contributed by atoms with Gasteiger partial charge in [0.05, 0.1) is 16.6 Å². The molecule has 0 unspecified atom stereocenters. The van der Waals surface area contributed by atoms with Crippen molar-refractivity contribution >= 4 is 60.7 Å². The van der Waals surface area contributed by atoms with Crippen molar-refractivity contribution in [3.05, 3.63) is 65.9 Å². The lowest BCUT2D eigenvalue weighted by Crippen LogP contribution is -1.99. The molecule has 0 atom stereocenters. The van der Waals surface area contributed by atoms with Crippen molar-refractivity contribution in [2.75, 3.05) is 0 Å². The van der Waals surface area contributed by atoms with Crippen molar-refractivity contribution in [2.24, 2.45) is 14.1 Å². The van der Waals surface area contributed by atoms with E-state index < -0.39 is 0 Å². The number of hydrogen-bond acceptors (Lipinski definition) is 1. The van der Waals surface area contributed by atoms with Crippen LogP contribution in [0.1, 0.15) is 17.7 Å². The van der Waals surface area contributed by atoms with Crippen molar-refractivity contribution in [3.63, 3.8) is 0 Å². The number of aryl methyl sites for hydroxylation is 2. The molecule has 29 heavy (non-hydrogen) atoms. The number of furan rings is 1. The highest BCUT2D eigenvalue weighted by Crippen LogP contribution is 2.39. The van der Waals surface area contributed by atoms with Gasteiger partial charge in [0.2, 0.25) is 0 Å². The van der Waals surface area contributed by atoms with Crippen molar-refractivity contribution in [1.29, 1.82) is 0 Å². The summed E-state index contributed by atoms with van der Waals surface area (Å²) in [5.74, 6) is 0. The second kappa shape index (κ2) is 5.12. The van der Waals surface area contributed by atoms with Gasteiger partial charge in [-0.2, -0.15) is 0 Å². The molecule has 0 amide bonds. The van der Waals surface area contributed by atoms with Crippen LogP contribution in [-0.2, 0) is 20.5 Å². The Morgan fingerprint density at radius 3 is 2.38 bits per heavy atom. The number of para-hydroxylation sites is 1. The van der Waals surface area contributed by atoms with Gasteiger partial charge in [-0.1, -0.05) is 30.4 Å². The number of aromatic nitrogens is 2. The van der Waals surface area contributed by atoms with E-state index >= 15 is 0 Å². The third-order valence-corrected chi connectivity index (χ3v) is 6.82. The monoisotopic (exact) mass is 376 g/mol. The van der Waals surface area contributed by atoms with E-state index in [0.29, 0.717) is 0 Å². The van der Waals surface area contributed by atoms with Gasteiger partial charge in [-0.25, -0.2) is 0 Å². The smallest absolute Gasteiger partial charge is 0.137 e. The highest BCUT2D eigenvalue weighted by Gasteiger charge is 2.19. The van der Waals surface area contributed by atoms with E-state index in [1.54, 1.807) is 0 Å². The first-order valence-electron chi connectivity index (χ1n) is 10.2. The normalized spacial score (nSPS) is 14.1. The molecule has 3 heterocycles. The Balaban J connectivity index is 1.67. The summed E-state index contributed by atoms with van der Waals surface area (Å²) < 4.78 is 10.8. The standard InChI is InChI=1S/C26H20N2O/c1-27-21-9-5-3-7-15(21)17-11-18-19-12-20-16-8-4-6-10-25(16)29-26(20)14-24(19)28(2)23(18)13-22(17)27/h3-4,6-8,10-14H,5,9H2,1-2H3. The van der Waals surface area contributed by atoms with Crippen LogP contribution in [-0.4, -0.2) is 9.13 Å². The Morgan fingerprint density at radius 2 is 1.48 bits per heavy atom. The molecule has 0 bridgehead atoms. The Bertz CT molecular complexity index is 1670. The van der Waals surface area contributed by atoms with Crippen LogP contribution in [0.4, 0.5) is 0 Å². The van der Waals surface area contributed by atoms with Gasteiger partial charge < -0.3 is 13.6 Å². The van der Waals surface area contributed by atoms with Gasteiger partial charge >= 0.3 is 0 Å². The van der Waals surface area contributed by atoms with Gasteiger partial charge in [0.15, 0.2) is 0 Å². The highest BCUT2D eigenvalue weighted by atomic mass is 16.3. The number of allylic oxidation sites excluding steroid dienone is 1. The summed E-state index contributed by atoms with van der Waals surface area (Å²) in [5.41, 5.74) is 8.54. The molecule has 1 aliphatic rings. The third kappa shape index (κ3) is 1.83. The third-order valence-electron chi connectivity index (χ3n) is 6.82. The fourth-order valence-corrected chi connectivity index (χ4v) is 5.34. The summed E-state index contributed by atoms with van der Waals surface area (Å²) in [6.45, 7) is 0. The molecule has 0 aliphatic heterocycles. The summed E-state index contributed by atoms with van der Waals surface area (Å²) in [6, 6.07) is 17.6. The van der Waals surface area contributed by atoms with Crippen LogP contribution < -0.4 is 0 Å². The minimum absolute atomic E-state index is 0.951. The van der Waals surface area contributed by atoms with E-state index in [9.17, 15) is 0 Å². The van der Waals surface area contributed by atoms with Crippen LogP contribution in [0.3, 0.4) is 0 Å². The van der Waals surface area contributed by atoms with Crippen LogP contribution in [0.5, 0.6) is 0 Å². The first kappa shape index (κ1) is 15.5. The second-order valence-corrected chi connectivity index (χ2v) is 8.27. The molecule has 0 saturated heterocycles. The minimum Gasteiger partial charge on any atom is -0.456 e. The zero-order valence-electron chi connectivity index (χ0n) is 16.5. The van der Waals surface area contributed by atoms with Crippen molar-refractivity contribution < 1.29 is 4.42 Å². The van der Waals surface area contributed by atoms with Crippen LogP contribution in [0, 0.1) is 0 Å². The summed E-state index contributed by atoms with van der Waals surface area (Å²) in [7, 11) is 4.36. The maximum Gasteiger partial charge on any atom is 0.137 e. The summed E-state index contributed by atoms with van der Waals surface area (Å²) in [5, 5.41) is 6.34. The Morgan fingerprint density at radius 1 is 0.724 bits per heavy atom. The zero-order valence-corrected chi connectivity index (χ0v) is 16.5. The Hall–Kier alpha value is -3.46.